The molecule has 0 radical (unpaired) electrons. The summed E-state index contributed by atoms with van der Waals surface area (Å²) >= 11 is 0. The normalized spacial score (nSPS) is 12.4. The van der Waals surface area contributed by atoms with Crippen molar-refractivity contribution in [2.24, 2.45) is 0 Å². The number of carbonyl (C=O) groups excluding carboxylic acids is 1. The number of aliphatic carboxylic acids is 2. The summed E-state index contributed by atoms with van der Waals surface area (Å²) in [6, 6.07) is -1.04. The van der Waals surface area contributed by atoms with Crippen molar-refractivity contribution in [3.05, 3.63) is 12.2 Å². The van der Waals surface area contributed by atoms with Crippen LogP contribution in [0.1, 0.15) is 6.92 Å². The summed E-state index contributed by atoms with van der Waals surface area (Å²) in [6.45, 7) is 1.27. The predicted octanol–water partition coefficient (Wildman–Crippen LogP) is -0.783. The van der Waals surface area contributed by atoms with E-state index in [0.717, 1.165) is 6.08 Å². The summed E-state index contributed by atoms with van der Waals surface area (Å²) in [5.74, 6) is -3.20. The minimum Gasteiger partial charge on any atom is -0.480 e. The molecule has 0 aliphatic heterocycles. The Kier molecular flexibility index (Phi) is 4.21. The average Bonchev–Trinajstić information content (AvgIpc) is 2.00. The van der Waals surface area contributed by atoms with Crippen LogP contribution in [-0.2, 0) is 14.4 Å². The van der Waals surface area contributed by atoms with Crippen LogP contribution >= 0.6 is 0 Å². The van der Waals surface area contributed by atoms with Gasteiger partial charge in [-0.05, 0) is 6.92 Å². The van der Waals surface area contributed by atoms with Crippen LogP contribution in [0, 0.1) is 0 Å². The van der Waals surface area contributed by atoms with Gasteiger partial charge in [0.15, 0.2) is 0 Å². The molecule has 0 spiro atoms. The molecule has 0 aliphatic rings. The van der Waals surface area contributed by atoms with Crippen LogP contribution in [0.25, 0.3) is 0 Å². The second-order valence-electron chi connectivity index (χ2n) is 2.24. The highest BCUT2D eigenvalue weighted by Gasteiger charge is 2.11. The maximum atomic E-state index is 10.7. The number of hydrogen-bond acceptors (Lipinski definition) is 3. The lowest BCUT2D eigenvalue weighted by atomic mass is 10.3. The Morgan fingerprint density at radius 3 is 2.15 bits per heavy atom. The van der Waals surface area contributed by atoms with Crippen LogP contribution in [0.2, 0.25) is 0 Å². The van der Waals surface area contributed by atoms with E-state index in [2.05, 4.69) is 0 Å². The van der Waals surface area contributed by atoms with Crippen molar-refractivity contribution >= 4 is 17.8 Å². The summed E-state index contributed by atoms with van der Waals surface area (Å²) in [5, 5.41) is 18.5. The Bertz CT molecular complexity index is 258. The standard InChI is InChI=1S/C7H9NO5/c1-4(7(12)13)8-5(9)2-3-6(10)11/h2-4H,1H3,(H,8,9)(H,10,11)(H,12,13)/b3-2+/t4-/m0/s1. The van der Waals surface area contributed by atoms with Crippen molar-refractivity contribution in [1.29, 1.82) is 0 Å². The molecule has 0 rings (SSSR count). The minimum absolute atomic E-state index is 0.629. The van der Waals surface area contributed by atoms with E-state index in [9.17, 15) is 14.4 Å². The lowest BCUT2D eigenvalue weighted by molar-refractivity contribution is -0.140. The number of amides is 1. The van der Waals surface area contributed by atoms with Crippen molar-refractivity contribution in [3.8, 4) is 0 Å². The first-order valence-corrected chi connectivity index (χ1v) is 3.37. The molecule has 0 fully saturated rings. The van der Waals surface area contributed by atoms with Gasteiger partial charge in [0.2, 0.25) is 5.91 Å². The smallest absolute Gasteiger partial charge is 0.328 e. The highest BCUT2D eigenvalue weighted by molar-refractivity contribution is 5.95. The highest BCUT2D eigenvalue weighted by atomic mass is 16.4. The molecule has 0 unspecified atom stereocenters. The second-order valence-corrected chi connectivity index (χ2v) is 2.24. The van der Waals surface area contributed by atoms with Gasteiger partial charge in [0.05, 0.1) is 0 Å². The molecule has 6 nitrogen and oxygen atoms in total. The van der Waals surface area contributed by atoms with Gasteiger partial charge in [-0.3, -0.25) is 9.59 Å². The van der Waals surface area contributed by atoms with Gasteiger partial charge >= 0.3 is 11.9 Å². The monoisotopic (exact) mass is 187 g/mol. The molecular weight excluding hydrogens is 178 g/mol. The Morgan fingerprint density at radius 1 is 1.23 bits per heavy atom. The largest absolute Gasteiger partial charge is 0.480 e. The fourth-order valence-electron chi connectivity index (χ4n) is 0.470. The van der Waals surface area contributed by atoms with E-state index in [4.69, 9.17) is 10.2 Å². The van der Waals surface area contributed by atoms with Gasteiger partial charge in [-0.1, -0.05) is 0 Å². The maximum Gasteiger partial charge on any atom is 0.328 e. The molecule has 0 aromatic rings. The van der Waals surface area contributed by atoms with Crippen LogP contribution in [0.15, 0.2) is 12.2 Å². The Balaban J connectivity index is 4.02. The zero-order chi connectivity index (χ0) is 10.4. The van der Waals surface area contributed by atoms with E-state index < -0.39 is 23.9 Å². The Morgan fingerprint density at radius 2 is 1.77 bits per heavy atom. The van der Waals surface area contributed by atoms with Crippen LogP contribution in [0.4, 0.5) is 0 Å². The number of carboxylic acids is 2. The molecule has 6 heteroatoms. The zero-order valence-electron chi connectivity index (χ0n) is 6.85. The third-order valence-corrected chi connectivity index (χ3v) is 1.11. The molecule has 0 aromatic heterocycles. The van der Waals surface area contributed by atoms with Crippen molar-refractivity contribution in [2.45, 2.75) is 13.0 Å². The summed E-state index contributed by atoms with van der Waals surface area (Å²) in [5.41, 5.74) is 0. The first-order valence-electron chi connectivity index (χ1n) is 3.37. The average molecular weight is 187 g/mol. The van der Waals surface area contributed by atoms with Crippen LogP contribution in [-0.4, -0.2) is 34.1 Å². The molecule has 13 heavy (non-hydrogen) atoms. The van der Waals surface area contributed by atoms with Gasteiger partial charge in [0.1, 0.15) is 6.04 Å². The lowest BCUT2D eigenvalue weighted by Gasteiger charge is -2.05. The summed E-state index contributed by atoms with van der Waals surface area (Å²) in [7, 11) is 0. The Hall–Kier alpha value is -1.85. The number of rotatable bonds is 4. The van der Waals surface area contributed by atoms with Crippen LogP contribution < -0.4 is 5.32 Å². The number of hydrogen-bond donors (Lipinski definition) is 3. The van der Waals surface area contributed by atoms with Crippen molar-refractivity contribution < 1.29 is 24.6 Å². The summed E-state index contributed by atoms with van der Waals surface area (Å²) in [6.07, 6.45) is 1.38. The quantitative estimate of drug-likeness (QED) is 0.500. The van der Waals surface area contributed by atoms with Crippen molar-refractivity contribution in [1.82, 2.24) is 5.32 Å². The van der Waals surface area contributed by atoms with Crippen LogP contribution in [0.3, 0.4) is 0 Å². The molecule has 0 aliphatic carbocycles. The van der Waals surface area contributed by atoms with E-state index in [1.807, 2.05) is 5.32 Å². The molecule has 0 heterocycles. The van der Waals surface area contributed by atoms with E-state index >= 15 is 0 Å². The van der Waals surface area contributed by atoms with Gasteiger partial charge in [-0.15, -0.1) is 0 Å². The first kappa shape index (κ1) is 11.2. The van der Waals surface area contributed by atoms with Gasteiger partial charge in [-0.25, -0.2) is 4.79 Å². The topological polar surface area (TPSA) is 104 Å². The highest BCUT2D eigenvalue weighted by Crippen LogP contribution is 1.82. The molecule has 72 valence electrons. The summed E-state index contributed by atoms with van der Waals surface area (Å²) in [4.78, 5) is 30.9. The second kappa shape index (κ2) is 4.91. The SMILES string of the molecule is C[C@H](NC(=O)/C=C/C(=O)O)C(=O)O. The lowest BCUT2D eigenvalue weighted by Crippen LogP contribution is -2.37. The van der Waals surface area contributed by atoms with E-state index in [-0.39, 0.29) is 0 Å². The fourth-order valence-corrected chi connectivity index (χ4v) is 0.470. The molecule has 1 amide bonds. The molecule has 0 bridgehead atoms. The van der Waals surface area contributed by atoms with Gasteiger partial charge in [0, 0.05) is 12.2 Å². The molecular formula is C7H9NO5. The van der Waals surface area contributed by atoms with Gasteiger partial charge < -0.3 is 15.5 Å². The molecule has 3 N–H and O–H groups in total. The number of carbonyl (C=O) groups is 3. The van der Waals surface area contributed by atoms with E-state index in [1.165, 1.54) is 6.92 Å². The third-order valence-electron chi connectivity index (χ3n) is 1.11. The summed E-state index contributed by atoms with van der Waals surface area (Å²) < 4.78 is 0. The molecule has 0 saturated heterocycles. The predicted molar refractivity (Wildman–Crippen MR) is 42.0 cm³/mol. The number of nitrogens with one attached hydrogen (secondary N) is 1. The fraction of sp³-hybridized carbons (Fsp3) is 0.286. The third kappa shape index (κ3) is 5.42. The number of carboxylic acid groups (broad SMARTS) is 2. The van der Waals surface area contributed by atoms with Gasteiger partial charge in [0.25, 0.3) is 0 Å². The van der Waals surface area contributed by atoms with E-state index in [1.54, 1.807) is 0 Å². The molecule has 0 aromatic carbocycles. The maximum absolute atomic E-state index is 10.7. The first-order chi connectivity index (χ1) is 5.93. The Labute approximate surface area is 73.9 Å². The molecule has 0 saturated carbocycles. The van der Waals surface area contributed by atoms with Crippen molar-refractivity contribution in [3.63, 3.8) is 0 Å². The molecule has 1 atom stereocenters. The zero-order valence-corrected chi connectivity index (χ0v) is 6.85. The van der Waals surface area contributed by atoms with Crippen LogP contribution in [0.5, 0.6) is 0 Å². The van der Waals surface area contributed by atoms with Gasteiger partial charge in [-0.2, -0.15) is 0 Å². The van der Waals surface area contributed by atoms with Crippen molar-refractivity contribution in [2.75, 3.05) is 0 Å². The minimum atomic E-state index is -1.27. The van der Waals surface area contributed by atoms with E-state index in [0.29, 0.717) is 6.08 Å².